The van der Waals surface area contributed by atoms with Gasteiger partial charge in [-0.2, -0.15) is 0 Å². The second-order valence-corrected chi connectivity index (χ2v) is 6.02. The monoisotopic (exact) mass is 346 g/mol. The second-order valence-electron chi connectivity index (χ2n) is 5.07. The average Bonchev–Trinajstić information content (AvgIpc) is 3.11. The first kappa shape index (κ1) is 18.0. The van der Waals surface area contributed by atoms with Crippen molar-refractivity contribution in [3.63, 3.8) is 0 Å². The molecular formula is C18H22N2O3S. The molecular weight excluding hydrogens is 324 g/mol. The van der Waals surface area contributed by atoms with Gasteiger partial charge in [-0.25, -0.2) is 0 Å². The van der Waals surface area contributed by atoms with Gasteiger partial charge in [0.05, 0.1) is 17.2 Å². The van der Waals surface area contributed by atoms with Gasteiger partial charge in [0.25, 0.3) is 5.91 Å². The van der Waals surface area contributed by atoms with Crippen LogP contribution >= 0.6 is 11.3 Å². The number of carbonyl (C=O) groups excluding carboxylic acids is 1. The van der Waals surface area contributed by atoms with Crippen molar-refractivity contribution in [1.29, 1.82) is 0 Å². The lowest BCUT2D eigenvalue weighted by Gasteiger charge is -2.10. The van der Waals surface area contributed by atoms with Gasteiger partial charge in [0.2, 0.25) is 0 Å². The number of ether oxygens (including phenoxy) is 1. The Morgan fingerprint density at radius 3 is 2.83 bits per heavy atom. The third-order valence-corrected chi connectivity index (χ3v) is 4.24. The van der Waals surface area contributed by atoms with Crippen molar-refractivity contribution in [2.45, 2.75) is 20.3 Å². The molecule has 1 amide bonds. The summed E-state index contributed by atoms with van der Waals surface area (Å²) in [6, 6.07) is 11.8. The molecule has 0 saturated heterocycles. The van der Waals surface area contributed by atoms with E-state index in [2.05, 4.69) is 10.5 Å². The smallest absolute Gasteiger partial charge is 0.260 e. The van der Waals surface area contributed by atoms with Gasteiger partial charge in [-0.15, -0.1) is 11.3 Å². The maximum atomic E-state index is 11.8. The molecule has 1 N–H and O–H groups in total. The predicted octanol–water partition coefficient (Wildman–Crippen LogP) is 3.25. The standard InChI is InChI=1S/C18H22N2O3S/c1-3-22-16-8-5-4-7-15(16)10-11-19-18(21)13-23-20-14(2)17-9-6-12-24-17/h4-9,12H,3,10-11,13H2,1-2H3,(H,19,21)/b20-14-. The number of amides is 1. The minimum Gasteiger partial charge on any atom is -0.494 e. The minimum absolute atomic E-state index is 0.0875. The molecule has 5 nitrogen and oxygen atoms in total. The Balaban J connectivity index is 1.71. The molecule has 0 spiro atoms. The van der Waals surface area contributed by atoms with Crippen LogP contribution in [0.5, 0.6) is 5.75 Å². The number of oxime groups is 1. The van der Waals surface area contributed by atoms with Gasteiger partial charge in [0.1, 0.15) is 5.75 Å². The molecule has 2 rings (SSSR count). The molecule has 0 aliphatic carbocycles. The van der Waals surface area contributed by atoms with Crippen LogP contribution in [0.25, 0.3) is 0 Å². The number of hydrogen-bond donors (Lipinski definition) is 1. The highest BCUT2D eigenvalue weighted by molar-refractivity contribution is 7.12. The van der Waals surface area contributed by atoms with E-state index >= 15 is 0 Å². The van der Waals surface area contributed by atoms with Gasteiger partial charge in [0.15, 0.2) is 6.61 Å². The lowest BCUT2D eigenvalue weighted by molar-refractivity contribution is -0.125. The van der Waals surface area contributed by atoms with E-state index in [0.717, 1.165) is 21.9 Å². The number of thiophene rings is 1. The molecule has 24 heavy (non-hydrogen) atoms. The Labute approximate surface area is 146 Å². The Morgan fingerprint density at radius 1 is 1.25 bits per heavy atom. The van der Waals surface area contributed by atoms with E-state index in [1.165, 1.54) is 0 Å². The Bertz CT molecular complexity index is 669. The lowest BCUT2D eigenvalue weighted by Crippen LogP contribution is -2.29. The van der Waals surface area contributed by atoms with Gasteiger partial charge < -0.3 is 14.9 Å². The van der Waals surface area contributed by atoms with E-state index in [1.807, 2.05) is 55.6 Å². The number of nitrogens with one attached hydrogen (secondary N) is 1. The van der Waals surface area contributed by atoms with E-state index in [0.29, 0.717) is 19.6 Å². The fourth-order valence-electron chi connectivity index (χ4n) is 2.11. The van der Waals surface area contributed by atoms with Gasteiger partial charge >= 0.3 is 0 Å². The number of hydrogen-bond acceptors (Lipinski definition) is 5. The minimum atomic E-state index is -0.188. The molecule has 0 aliphatic rings. The van der Waals surface area contributed by atoms with Crippen LogP contribution < -0.4 is 10.1 Å². The predicted molar refractivity (Wildman–Crippen MR) is 96.8 cm³/mol. The number of rotatable bonds is 9. The zero-order valence-corrected chi connectivity index (χ0v) is 14.8. The van der Waals surface area contributed by atoms with E-state index in [9.17, 15) is 4.79 Å². The molecule has 0 atom stereocenters. The van der Waals surface area contributed by atoms with Crippen molar-refractivity contribution in [3.05, 3.63) is 52.2 Å². The molecule has 1 heterocycles. The van der Waals surface area contributed by atoms with E-state index in [1.54, 1.807) is 11.3 Å². The SMILES string of the molecule is CCOc1ccccc1CCNC(=O)CO/N=C(/C)c1cccs1. The summed E-state index contributed by atoms with van der Waals surface area (Å²) >= 11 is 1.58. The molecule has 0 bridgehead atoms. The van der Waals surface area contributed by atoms with Crippen LogP contribution in [-0.2, 0) is 16.1 Å². The van der Waals surface area contributed by atoms with E-state index in [4.69, 9.17) is 9.57 Å². The zero-order chi connectivity index (χ0) is 17.2. The average molecular weight is 346 g/mol. The largest absolute Gasteiger partial charge is 0.494 e. The third kappa shape index (κ3) is 5.70. The van der Waals surface area contributed by atoms with Crippen LogP contribution in [0.1, 0.15) is 24.3 Å². The van der Waals surface area contributed by atoms with Crippen LogP contribution in [0.3, 0.4) is 0 Å². The number of benzene rings is 1. The Kier molecular flexibility index (Phi) is 7.29. The fraction of sp³-hybridized carbons (Fsp3) is 0.333. The second kappa shape index (κ2) is 9.72. The molecule has 0 unspecified atom stereocenters. The summed E-state index contributed by atoms with van der Waals surface area (Å²) in [5, 5.41) is 8.75. The summed E-state index contributed by atoms with van der Waals surface area (Å²) in [7, 11) is 0. The summed E-state index contributed by atoms with van der Waals surface area (Å²) in [6.07, 6.45) is 0.708. The van der Waals surface area contributed by atoms with Crippen molar-refractivity contribution in [2.75, 3.05) is 19.8 Å². The molecule has 128 valence electrons. The first-order valence-corrected chi connectivity index (χ1v) is 8.76. The quantitative estimate of drug-likeness (QED) is 0.560. The molecule has 2 aromatic rings. The van der Waals surface area contributed by atoms with E-state index < -0.39 is 0 Å². The van der Waals surface area contributed by atoms with Crippen molar-refractivity contribution in [2.24, 2.45) is 5.16 Å². The third-order valence-electron chi connectivity index (χ3n) is 3.26. The van der Waals surface area contributed by atoms with Gasteiger partial charge in [-0.05, 0) is 43.3 Å². The van der Waals surface area contributed by atoms with Crippen LogP contribution in [0.2, 0.25) is 0 Å². The highest BCUT2D eigenvalue weighted by Crippen LogP contribution is 2.17. The highest BCUT2D eigenvalue weighted by atomic mass is 32.1. The number of carbonyl (C=O) groups is 1. The first-order chi connectivity index (χ1) is 11.7. The van der Waals surface area contributed by atoms with Crippen molar-refractivity contribution in [3.8, 4) is 5.75 Å². The van der Waals surface area contributed by atoms with Crippen LogP contribution in [-0.4, -0.2) is 31.4 Å². The maximum Gasteiger partial charge on any atom is 0.260 e. The molecule has 0 saturated carbocycles. The van der Waals surface area contributed by atoms with Gasteiger partial charge in [-0.3, -0.25) is 4.79 Å². The van der Waals surface area contributed by atoms with Gasteiger partial charge in [-0.1, -0.05) is 29.4 Å². The van der Waals surface area contributed by atoms with Crippen LogP contribution in [0.15, 0.2) is 46.9 Å². The summed E-state index contributed by atoms with van der Waals surface area (Å²) in [5.41, 5.74) is 1.84. The maximum absolute atomic E-state index is 11.8. The fourth-order valence-corrected chi connectivity index (χ4v) is 2.78. The van der Waals surface area contributed by atoms with Crippen LogP contribution in [0, 0.1) is 0 Å². The highest BCUT2D eigenvalue weighted by Gasteiger charge is 2.05. The summed E-state index contributed by atoms with van der Waals surface area (Å²) < 4.78 is 5.57. The van der Waals surface area contributed by atoms with Gasteiger partial charge in [0, 0.05) is 6.54 Å². The van der Waals surface area contributed by atoms with Crippen molar-refractivity contribution in [1.82, 2.24) is 5.32 Å². The summed E-state index contributed by atoms with van der Waals surface area (Å²) in [5.74, 6) is 0.674. The molecule has 1 aromatic carbocycles. The molecule has 1 aromatic heterocycles. The topological polar surface area (TPSA) is 59.9 Å². The Morgan fingerprint density at radius 2 is 2.08 bits per heavy atom. The van der Waals surface area contributed by atoms with Crippen LogP contribution in [0.4, 0.5) is 0 Å². The summed E-state index contributed by atoms with van der Waals surface area (Å²) in [6.45, 7) is 4.87. The normalized spacial score (nSPS) is 11.2. The zero-order valence-electron chi connectivity index (χ0n) is 14.0. The number of nitrogens with zero attached hydrogens (tertiary/aromatic N) is 1. The molecule has 6 heteroatoms. The van der Waals surface area contributed by atoms with Crippen molar-refractivity contribution < 1.29 is 14.4 Å². The molecule has 0 fully saturated rings. The molecule has 0 aliphatic heterocycles. The van der Waals surface area contributed by atoms with Crippen molar-refractivity contribution >= 4 is 23.0 Å². The Hall–Kier alpha value is -2.34. The van der Waals surface area contributed by atoms with E-state index in [-0.39, 0.29) is 12.5 Å². The lowest BCUT2D eigenvalue weighted by atomic mass is 10.1. The first-order valence-electron chi connectivity index (χ1n) is 7.88. The number of para-hydroxylation sites is 1. The molecule has 0 radical (unpaired) electrons. The summed E-state index contributed by atoms with van der Waals surface area (Å²) in [4.78, 5) is 17.9.